The summed E-state index contributed by atoms with van der Waals surface area (Å²) >= 11 is 0. The molecule has 0 aromatic rings. The summed E-state index contributed by atoms with van der Waals surface area (Å²) < 4.78 is 29.5. The number of aliphatic hydroxyl groups excluding tert-OH is 2. The van der Waals surface area contributed by atoms with Gasteiger partial charge in [0, 0.05) is 58.5 Å². The molecule has 0 spiro atoms. The summed E-state index contributed by atoms with van der Waals surface area (Å²) in [6.45, 7) is 12.8. The molecule has 1 saturated carbocycles. The third-order valence-electron chi connectivity index (χ3n) is 14.5. The van der Waals surface area contributed by atoms with Crippen molar-refractivity contribution in [3.8, 4) is 0 Å². The zero-order valence-corrected chi connectivity index (χ0v) is 40.6. The van der Waals surface area contributed by atoms with Crippen molar-refractivity contribution in [1.82, 2.24) is 4.90 Å². The monoisotopic (exact) mass is 914 g/mol. The highest BCUT2D eigenvalue weighted by Crippen LogP contribution is 2.38. The number of ether oxygens (including phenoxy) is 5. The Morgan fingerprint density at radius 2 is 1.57 bits per heavy atom. The van der Waals surface area contributed by atoms with E-state index in [2.05, 4.69) is 0 Å². The van der Waals surface area contributed by atoms with E-state index in [1.54, 1.807) is 48.0 Å². The average molecular weight is 914 g/mol. The number of aliphatic hydroxyl groups is 3. The quantitative estimate of drug-likeness (QED) is 0.156. The highest BCUT2D eigenvalue weighted by molar-refractivity contribution is 6.39. The molecule has 0 radical (unpaired) electrons. The van der Waals surface area contributed by atoms with Crippen LogP contribution < -0.4 is 0 Å². The fraction of sp³-hybridized carbons (Fsp3) is 0.745. The first-order chi connectivity index (χ1) is 30.7. The SMILES string of the molecule is CO[C@H]1C[C@@H]2CC[C@@H](C)[C@@](O)(O2)C(=O)C(=O)N2CCCC[C@H]2C(=O)O[C@H]([C@H](C)C[C@@H]2CC[C@@H](O)[C@H](OC)C2)CC(=O)[C@H](C)/C=C(\C)[C@@H](OC)[C@@H](O)C(=O)[C@H](C)C[C@H](C)\C=C/C=C/C=C/1C. The molecule has 3 N–H and O–H groups in total. The molecule has 2 saturated heterocycles. The number of nitrogens with zero attached hydrogens (tertiary/aromatic N) is 1. The molecule has 4 rings (SSSR count). The van der Waals surface area contributed by atoms with Gasteiger partial charge in [-0.1, -0.05) is 71.1 Å². The highest BCUT2D eigenvalue weighted by Gasteiger charge is 2.53. The molecule has 14 nitrogen and oxygen atoms in total. The van der Waals surface area contributed by atoms with Crippen LogP contribution in [0.1, 0.15) is 126 Å². The van der Waals surface area contributed by atoms with Gasteiger partial charge in [0.15, 0.2) is 5.78 Å². The number of amides is 1. The molecule has 0 aromatic heterocycles. The van der Waals surface area contributed by atoms with Crippen molar-refractivity contribution in [2.75, 3.05) is 27.9 Å². The molecule has 0 unspecified atom stereocenters. The minimum Gasteiger partial charge on any atom is -0.460 e. The first-order valence-electron chi connectivity index (χ1n) is 23.9. The molecule has 1 amide bonds. The largest absolute Gasteiger partial charge is 0.460 e. The summed E-state index contributed by atoms with van der Waals surface area (Å²) in [6.07, 6.45) is 11.2. The van der Waals surface area contributed by atoms with Gasteiger partial charge in [-0.2, -0.15) is 0 Å². The zero-order valence-electron chi connectivity index (χ0n) is 40.6. The van der Waals surface area contributed by atoms with E-state index >= 15 is 0 Å². The number of piperidine rings is 1. The zero-order chi connectivity index (χ0) is 48.2. The van der Waals surface area contributed by atoms with Gasteiger partial charge in [0.25, 0.3) is 11.7 Å². The van der Waals surface area contributed by atoms with E-state index in [1.165, 1.54) is 12.0 Å². The minimum absolute atomic E-state index is 0.00408. The lowest BCUT2D eigenvalue weighted by Crippen LogP contribution is -2.61. The second-order valence-electron chi connectivity index (χ2n) is 19.6. The van der Waals surface area contributed by atoms with Crippen molar-refractivity contribution in [1.29, 1.82) is 0 Å². The molecule has 65 heavy (non-hydrogen) atoms. The first kappa shape index (κ1) is 54.2. The van der Waals surface area contributed by atoms with Crippen LogP contribution in [-0.4, -0.2) is 132 Å². The molecule has 3 fully saturated rings. The Hall–Kier alpha value is -3.37. The van der Waals surface area contributed by atoms with Gasteiger partial charge in [-0.3, -0.25) is 19.2 Å². The van der Waals surface area contributed by atoms with E-state index in [0.29, 0.717) is 63.4 Å². The van der Waals surface area contributed by atoms with E-state index in [-0.39, 0.29) is 54.8 Å². The third kappa shape index (κ3) is 14.3. The van der Waals surface area contributed by atoms with Crippen LogP contribution in [0.3, 0.4) is 0 Å². The number of Topliss-reactive ketones (excluding diaryl/α,β-unsaturated/α-hetero) is 3. The van der Waals surface area contributed by atoms with E-state index in [9.17, 15) is 39.3 Å². The topological polar surface area (TPSA) is 195 Å². The predicted molar refractivity (Wildman–Crippen MR) is 245 cm³/mol. The van der Waals surface area contributed by atoms with Crippen molar-refractivity contribution < 1.29 is 63.0 Å². The van der Waals surface area contributed by atoms with Crippen LogP contribution >= 0.6 is 0 Å². The number of methoxy groups -OCH3 is 3. The van der Waals surface area contributed by atoms with Gasteiger partial charge < -0.3 is 43.9 Å². The average Bonchev–Trinajstić information content (AvgIpc) is 3.28. The number of hydrogen-bond donors (Lipinski definition) is 3. The van der Waals surface area contributed by atoms with Gasteiger partial charge in [0.05, 0.1) is 24.4 Å². The molecule has 4 aliphatic rings. The van der Waals surface area contributed by atoms with Crippen LogP contribution in [0.25, 0.3) is 0 Å². The van der Waals surface area contributed by atoms with E-state index < -0.39 is 83.9 Å². The van der Waals surface area contributed by atoms with Crippen LogP contribution in [0, 0.1) is 35.5 Å². The smallest absolute Gasteiger partial charge is 0.329 e. The Kier molecular flexibility index (Phi) is 21.0. The van der Waals surface area contributed by atoms with E-state index in [4.69, 9.17) is 23.7 Å². The van der Waals surface area contributed by atoms with Crippen molar-refractivity contribution >= 4 is 29.2 Å². The van der Waals surface area contributed by atoms with Crippen LogP contribution in [0.4, 0.5) is 0 Å². The maximum absolute atomic E-state index is 14.4. The second-order valence-corrected chi connectivity index (χ2v) is 19.6. The lowest BCUT2D eigenvalue weighted by molar-refractivity contribution is -0.265. The van der Waals surface area contributed by atoms with Crippen LogP contribution in [-0.2, 0) is 47.7 Å². The Labute approximate surface area is 387 Å². The van der Waals surface area contributed by atoms with Crippen molar-refractivity contribution in [3.63, 3.8) is 0 Å². The Morgan fingerprint density at radius 1 is 0.846 bits per heavy atom. The van der Waals surface area contributed by atoms with Crippen molar-refractivity contribution in [2.24, 2.45) is 35.5 Å². The molecular weight excluding hydrogens is 835 g/mol. The Morgan fingerprint density at radius 3 is 2.25 bits per heavy atom. The molecule has 15 atom stereocenters. The molecule has 366 valence electrons. The number of allylic oxidation sites excluding steroid dienone is 6. The summed E-state index contributed by atoms with van der Waals surface area (Å²) in [5, 5.41) is 33.7. The van der Waals surface area contributed by atoms with Crippen LogP contribution in [0.2, 0.25) is 0 Å². The number of carbonyl (C=O) groups excluding carboxylic acids is 5. The number of rotatable bonds is 6. The molecule has 2 bridgehead atoms. The van der Waals surface area contributed by atoms with Crippen molar-refractivity contribution in [2.45, 2.75) is 180 Å². The second kappa shape index (κ2) is 25.1. The number of cyclic esters (lactones) is 1. The maximum Gasteiger partial charge on any atom is 0.329 e. The van der Waals surface area contributed by atoms with E-state index in [1.807, 2.05) is 51.2 Å². The molecule has 1 aliphatic carbocycles. The van der Waals surface area contributed by atoms with Gasteiger partial charge >= 0.3 is 5.97 Å². The lowest BCUT2D eigenvalue weighted by Gasteiger charge is -2.42. The number of ketones is 3. The number of esters is 1. The number of hydrogen-bond acceptors (Lipinski definition) is 13. The lowest BCUT2D eigenvalue weighted by atomic mass is 9.78. The standard InChI is InChI=1S/C51H79NO13/c1-30-16-12-11-13-17-31(2)42(61-8)28-38-21-19-36(7)51(60,65-38)48(57)49(58)52-23-15-14-18-39(52)50(59)64-43(33(4)26-37-20-22-40(53)44(27-37)62-9)29-41(54)32(3)25-35(6)47(63-10)46(56)45(55)34(5)24-30/h11-13,16-17,25,30,32-34,36-40,42-44,46-47,53,56,60H,14-15,18-24,26-29H2,1-10H3/b13-11+,16-12-,31-17+,35-25+/t30-,32-,33-,34-,36-,37+,38+,39+,40-,42+,43+,44-,46+,47-,51-/m1/s1. The van der Waals surface area contributed by atoms with Crippen LogP contribution in [0.5, 0.6) is 0 Å². The van der Waals surface area contributed by atoms with Gasteiger partial charge in [-0.05, 0) is 107 Å². The molecule has 0 aromatic carbocycles. The van der Waals surface area contributed by atoms with Gasteiger partial charge in [-0.15, -0.1) is 0 Å². The molecular formula is C51H79NO13. The van der Waals surface area contributed by atoms with Gasteiger partial charge in [0.1, 0.15) is 30.1 Å². The normalized spacial score (nSPS) is 40.4. The molecule has 3 aliphatic heterocycles. The molecule has 14 heteroatoms. The van der Waals surface area contributed by atoms with Crippen LogP contribution in [0.15, 0.2) is 47.6 Å². The Balaban J connectivity index is 1.70. The van der Waals surface area contributed by atoms with Crippen molar-refractivity contribution in [3.05, 3.63) is 47.6 Å². The maximum atomic E-state index is 14.4. The van der Waals surface area contributed by atoms with E-state index in [0.717, 1.165) is 12.0 Å². The van der Waals surface area contributed by atoms with Gasteiger partial charge in [-0.25, -0.2) is 4.79 Å². The molecule has 3 heterocycles. The summed E-state index contributed by atoms with van der Waals surface area (Å²) in [6, 6.07) is -1.14. The fourth-order valence-corrected chi connectivity index (χ4v) is 10.2. The minimum atomic E-state index is -2.43. The first-order valence-corrected chi connectivity index (χ1v) is 23.9. The Bertz CT molecular complexity index is 1760. The summed E-state index contributed by atoms with van der Waals surface area (Å²) in [4.78, 5) is 71.7. The third-order valence-corrected chi connectivity index (χ3v) is 14.5. The summed E-state index contributed by atoms with van der Waals surface area (Å²) in [7, 11) is 4.55. The number of carbonyl (C=O) groups is 5. The summed E-state index contributed by atoms with van der Waals surface area (Å²) in [5.41, 5.74) is 1.38. The van der Waals surface area contributed by atoms with Gasteiger partial charge in [0.2, 0.25) is 5.79 Å². The number of fused-ring (bicyclic) bond motifs is 3. The fourth-order valence-electron chi connectivity index (χ4n) is 10.2. The predicted octanol–water partition coefficient (Wildman–Crippen LogP) is 6.18. The highest BCUT2D eigenvalue weighted by atomic mass is 16.6. The summed E-state index contributed by atoms with van der Waals surface area (Å²) in [5.74, 6) is -8.08.